The molecule has 4 saturated carbocycles. The van der Waals surface area contributed by atoms with Gasteiger partial charge in [-0.05, 0) is 56.2 Å². The molecule has 0 aromatic heterocycles. The normalized spacial score (nSPS) is 42.5. The second kappa shape index (κ2) is 6.75. The number of hydrogen-bond donors (Lipinski definition) is 0. The van der Waals surface area contributed by atoms with E-state index >= 15 is 0 Å². The largest absolute Gasteiger partial charge is 0.464 e. The summed E-state index contributed by atoms with van der Waals surface area (Å²) in [6, 6.07) is 0. The van der Waals surface area contributed by atoms with Gasteiger partial charge in [-0.15, -0.1) is 0 Å². The standard InChI is InChI=1S/C25H40O5Si/c1-15-16-9-12-25(19(15)26)17(13-16)20(27)29-14-24(25)11-10-18(23(5,6)21(24)28)30-31(7,8)22(2,3)4/h15-18H,9-14H2,1-8H3/t15-,16-,17-,18?,24+,25?/m0/s1. The van der Waals surface area contributed by atoms with Crippen molar-refractivity contribution in [2.75, 3.05) is 6.61 Å². The Hall–Kier alpha value is -1.01. The molecule has 1 aliphatic heterocycles. The van der Waals surface area contributed by atoms with Crippen LogP contribution in [-0.4, -0.2) is 38.6 Å². The highest BCUT2D eigenvalue weighted by Crippen LogP contribution is 2.68. The second-order valence-corrected chi connectivity index (χ2v) is 17.6. The third-order valence-corrected chi connectivity index (χ3v) is 14.6. The van der Waals surface area contributed by atoms with Crippen molar-refractivity contribution < 1.29 is 23.5 Å². The molecule has 5 nitrogen and oxygen atoms in total. The predicted octanol–water partition coefficient (Wildman–Crippen LogP) is 4.93. The van der Waals surface area contributed by atoms with Gasteiger partial charge in [-0.3, -0.25) is 14.4 Å². The Bertz CT molecular complexity index is 824. The average Bonchev–Trinajstić information content (AvgIpc) is 2.67. The average molecular weight is 449 g/mol. The minimum Gasteiger partial charge on any atom is -0.464 e. The smallest absolute Gasteiger partial charge is 0.310 e. The summed E-state index contributed by atoms with van der Waals surface area (Å²) in [7, 11) is -2.07. The van der Waals surface area contributed by atoms with E-state index in [0.717, 1.165) is 12.8 Å². The van der Waals surface area contributed by atoms with Crippen molar-refractivity contribution in [3.05, 3.63) is 0 Å². The van der Waals surface area contributed by atoms with Crippen LogP contribution in [0.15, 0.2) is 0 Å². The van der Waals surface area contributed by atoms with Gasteiger partial charge in [-0.1, -0.05) is 41.5 Å². The van der Waals surface area contributed by atoms with Crippen LogP contribution in [0.5, 0.6) is 0 Å². The summed E-state index contributed by atoms with van der Waals surface area (Å²) in [5, 5.41) is 0.0541. The molecular weight excluding hydrogens is 408 g/mol. The van der Waals surface area contributed by atoms with E-state index in [2.05, 4.69) is 33.9 Å². The summed E-state index contributed by atoms with van der Waals surface area (Å²) in [6.07, 6.45) is 3.38. The first kappa shape index (κ1) is 23.2. The van der Waals surface area contributed by atoms with Gasteiger partial charge in [0.05, 0.1) is 22.9 Å². The molecule has 2 spiro atoms. The molecule has 1 heterocycles. The number of ketones is 2. The highest BCUT2D eigenvalue weighted by Gasteiger charge is 2.75. The molecule has 5 fully saturated rings. The fraction of sp³-hybridized carbons (Fsp3) is 0.880. The molecule has 5 aliphatic rings. The van der Waals surface area contributed by atoms with E-state index in [1.807, 2.05) is 20.8 Å². The van der Waals surface area contributed by atoms with Crippen molar-refractivity contribution in [3.8, 4) is 0 Å². The minimum absolute atomic E-state index is 0.0541. The summed E-state index contributed by atoms with van der Waals surface area (Å²) in [6.45, 7) is 17.1. The van der Waals surface area contributed by atoms with E-state index in [0.29, 0.717) is 19.3 Å². The zero-order chi connectivity index (χ0) is 23.2. The Balaban J connectivity index is 1.74. The van der Waals surface area contributed by atoms with Crippen LogP contribution >= 0.6 is 0 Å². The van der Waals surface area contributed by atoms with Crippen molar-refractivity contribution in [1.82, 2.24) is 0 Å². The van der Waals surface area contributed by atoms with Crippen LogP contribution in [0.3, 0.4) is 0 Å². The Kier molecular flexibility index (Phi) is 5.04. The third kappa shape index (κ3) is 2.86. The molecule has 0 aromatic rings. The highest BCUT2D eigenvalue weighted by atomic mass is 28.4. The number of carbonyl (C=O) groups is 3. The van der Waals surface area contributed by atoms with Gasteiger partial charge in [-0.2, -0.15) is 0 Å². The van der Waals surface area contributed by atoms with Gasteiger partial charge in [0, 0.05) is 11.3 Å². The van der Waals surface area contributed by atoms with Gasteiger partial charge in [0.15, 0.2) is 14.1 Å². The maximum atomic E-state index is 14.4. The summed E-state index contributed by atoms with van der Waals surface area (Å²) < 4.78 is 12.5. The summed E-state index contributed by atoms with van der Waals surface area (Å²) in [4.78, 5) is 40.9. The van der Waals surface area contributed by atoms with Gasteiger partial charge in [-0.25, -0.2) is 0 Å². The van der Waals surface area contributed by atoms with Gasteiger partial charge in [0.2, 0.25) is 0 Å². The molecule has 6 heteroatoms. The van der Waals surface area contributed by atoms with Gasteiger partial charge >= 0.3 is 5.97 Å². The Morgan fingerprint density at radius 1 is 1.06 bits per heavy atom. The third-order valence-electron chi connectivity index (χ3n) is 10.1. The van der Waals surface area contributed by atoms with Gasteiger partial charge in [0.25, 0.3) is 0 Å². The molecule has 1 saturated heterocycles. The minimum atomic E-state index is -2.07. The van der Waals surface area contributed by atoms with Crippen LogP contribution in [0.4, 0.5) is 0 Å². The molecule has 0 aromatic carbocycles. The number of Topliss-reactive ketones (excluding diaryl/α,β-unsaturated/α-hetero) is 2. The van der Waals surface area contributed by atoms with E-state index in [-0.39, 0.29) is 47.1 Å². The first-order valence-electron chi connectivity index (χ1n) is 12.1. The highest BCUT2D eigenvalue weighted by molar-refractivity contribution is 6.74. The molecule has 2 bridgehead atoms. The summed E-state index contributed by atoms with van der Waals surface area (Å²) in [5.74, 6) is -0.339. The van der Waals surface area contributed by atoms with E-state index in [4.69, 9.17) is 9.16 Å². The summed E-state index contributed by atoms with van der Waals surface area (Å²) in [5.41, 5.74) is -2.51. The zero-order valence-electron chi connectivity index (χ0n) is 20.6. The first-order chi connectivity index (χ1) is 14.1. The molecule has 0 amide bonds. The van der Waals surface area contributed by atoms with Crippen molar-refractivity contribution >= 4 is 25.9 Å². The molecule has 174 valence electrons. The molecular formula is C25H40O5Si. The van der Waals surface area contributed by atoms with Crippen molar-refractivity contribution in [2.45, 2.75) is 97.9 Å². The molecule has 5 rings (SSSR count). The molecule has 0 radical (unpaired) electrons. The number of hydrogen-bond acceptors (Lipinski definition) is 5. The number of fused-ring (bicyclic) bond motifs is 2. The number of esters is 1. The lowest BCUT2D eigenvalue weighted by Crippen LogP contribution is -2.73. The quantitative estimate of drug-likeness (QED) is 0.442. The fourth-order valence-corrected chi connectivity index (χ4v) is 8.50. The number of cyclic esters (lactones) is 1. The predicted molar refractivity (Wildman–Crippen MR) is 121 cm³/mol. The van der Waals surface area contributed by atoms with Crippen LogP contribution in [0.2, 0.25) is 18.1 Å². The van der Waals surface area contributed by atoms with Gasteiger partial charge in [0.1, 0.15) is 12.4 Å². The Morgan fingerprint density at radius 3 is 2.32 bits per heavy atom. The molecule has 6 atom stereocenters. The number of ether oxygens (including phenoxy) is 1. The summed E-state index contributed by atoms with van der Waals surface area (Å²) >= 11 is 0. The van der Waals surface area contributed by atoms with Gasteiger partial charge < -0.3 is 9.16 Å². The van der Waals surface area contributed by atoms with Crippen LogP contribution in [0.1, 0.15) is 73.6 Å². The number of carbonyl (C=O) groups excluding carboxylic acids is 3. The molecule has 4 aliphatic carbocycles. The number of rotatable bonds is 2. The fourth-order valence-electron chi connectivity index (χ4n) is 7.03. The maximum absolute atomic E-state index is 14.4. The maximum Gasteiger partial charge on any atom is 0.310 e. The first-order valence-corrected chi connectivity index (χ1v) is 15.0. The lowest BCUT2D eigenvalue weighted by atomic mass is 9.38. The SMILES string of the molecule is C[C@@H]1C(=O)C23CC[C@H]1C[C@H]2C(=O)OC[C@@]31CCC(O[Si](C)(C)C(C)(C)C)C(C)(C)C1=O. The van der Waals surface area contributed by atoms with Crippen LogP contribution in [0.25, 0.3) is 0 Å². The van der Waals surface area contributed by atoms with E-state index < -0.39 is 30.5 Å². The Labute approximate surface area is 188 Å². The van der Waals surface area contributed by atoms with Crippen molar-refractivity contribution in [2.24, 2.45) is 34.0 Å². The van der Waals surface area contributed by atoms with E-state index in [1.54, 1.807) is 0 Å². The topological polar surface area (TPSA) is 69.7 Å². The van der Waals surface area contributed by atoms with Crippen LogP contribution in [-0.2, 0) is 23.5 Å². The van der Waals surface area contributed by atoms with Crippen molar-refractivity contribution in [3.63, 3.8) is 0 Å². The lowest BCUT2D eigenvalue weighted by molar-refractivity contribution is -0.223. The molecule has 2 unspecified atom stereocenters. The van der Waals surface area contributed by atoms with Crippen molar-refractivity contribution in [1.29, 1.82) is 0 Å². The monoisotopic (exact) mass is 448 g/mol. The zero-order valence-corrected chi connectivity index (χ0v) is 21.6. The van der Waals surface area contributed by atoms with Crippen LogP contribution < -0.4 is 0 Å². The second-order valence-electron chi connectivity index (χ2n) is 12.9. The molecule has 31 heavy (non-hydrogen) atoms. The Morgan fingerprint density at radius 2 is 1.71 bits per heavy atom. The van der Waals surface area contributed by atoms with E-state index in [9.17, 15) is 14.4 Å². The van der Waals surface area contributed by atoms with E-state index in [1.165, 1.54) is 0 Å². The van der Waals surface area contributed by atoms with Crippen LogP contribution in [0, 0.1) is 34.0 Å². The molecule has 0 N–H and O–H groups in total. The lowest BCUT2D eigenvalue weighted by Gasteiger charge is -2.65.